The molecule has 158 valence electrons. The van der Waals surface area contributed by atoms with E-state index in [0.717, 1.165) is 39.2 Å². The van der Waals surface area contributed by atoms with Gasteiger partial charge in [-0.1, -0.05) is 31.2 Å². The molecule has 0 unspecified atom stereocenters. The van der Waals surface area contributed by atoms with Crippen molar-refractivity contribution in [2.75, 3.05) is 26.2 Å². The third-order valence-corrected chi connectivity index (χ3v) is 5.55. The van der Waals surface area contributed by atoms with Gasteiger partial charge in [0.25, 0.3) is 0 Å². The van der Waals surface area contributed by atoms with Gasteiger partial charge in [-0.25, -0.2) is 4.98 Å². The van der Waals surface area contributed by atoms with E-state index in [1.54, 1.807) is 21.3 Å². The van der Waals surface area contributed by atoms with Crippen LogP contribution in [0.3, 0.4) is 0 Å². The van der Waals surface area contributed by atoms with Crippen LogP contribution in [0.1, 0.15) is 23.7 Å². The Morgan fingerprint density at radius 3 is 1.67 bits per heavy atom. The molecule has 0 aliphatic heterocycles. The SMILES string of the molecule is CCc1nc(N(Cc2ccc(OC)cc2)Cc2ccc(OC)cc2)nc(OC)c1Br. The average molecular weight is 472 g/mol. The summed E-state index contributed by atoms with van der Waals surface area (Å²) < 4.78 is 16.8. The summed E-state index contributed by atoms with van der Waals surface area (Å²) >= 11 is 3.55. The first-order valence-corrected chi connectivity index (χ1v) is 10.5. The number of rotatable bonds is 9. The van der Waals surface area contributed by atoms with E-state index < -0.39 is 0 Å². The fraction of sp³-hybridized carbons (Fsp3) is 0.304. The summed E-state index contributed by atoms with van der Waals surface area (Å²) in [4.78, 5) is 11.6. The van der Waals surface area contributed by atoms with Gasteiger partial charge in [0.1, 0.15) is 16.0 Å². The molecule has 3 rings (SSSR count). The fourth-order valence-electron chi connectivity index (χ4n) is 3.07. The highest BCUT2D eigenvalue weighted by Gasteiger charge is 2.18. The van der Waals surface area contributed by atoms with Crippen molar-refractivity contribution < 1.29 is 14.2 Å². The molecule has 0 saturated carbocycles. The van der Waals surface area contributed by atoms with E-state index in [-0.39, 0.29) is 0 Å². The average Bonchev–Trinajstić information content (AvgIpc) is 2.79. The minimum absolute atomic E-state index is 0.534. The Labute approximate surface area is 186 Å². The van der Waals surface area contributed by atoms with Crippen LogP contribution in [-0.4, -0.2) is 31.3 Å². The van der Waals surface area contributed by atoms with E-state index in [0.29, 0.717) is 24.9 Å². The van der Waals surface area contributed by atoms with Crippen molar-refractivity contribution >= 4 is 21.9 Å². The van der Waals surface area contributed by atoms with E-state index in [1.165, 1.54) is 0 Å². The number of nitrogens with zero attached hydrogens (tertiary/aromatic N) is 3. The molecule has 0 radical (unpaired) electrons. The molecule has 6 nitrogen and oxygen atoms in total. The van der Waals surface area contributed by atoms with E-state index in [9.17, 15) is 0 Å². The lowest BCUT2D eigenvalue weighted by Gasteiger charge is -2.24. The van der Waals surface area contributed by atoms with Crippen LogP contribution >= 0.6 is 15.9 Å². The van der Waals surface area contributed by atoms with Crippen LogP contribution < -0.4 is 19.1 Å². The summed E-state index contributed by atoms with van der Waals surface area (Å²) in [6, 6.07) is 16.0. The molecular formula is C23H26BrN3O3. The maximum Gasteiger partial charge on any atom is 0.232 e. The van der Waals surface area contributed by atoms with Gasteiger partial charge in [-0.15, -0.1) is 0 Å². The Morgan fingerprint density at radius 1 is 0.767 bits per heavy atom. The Morgan fingerprint density at radius 2 is 1.27 bits per heavy atom. The highest BCUT2D eigenvalue weighted by atomic mass is 79.9. The van der Waals surface area contributed by atoms with Crippen LogP contribution in [0.5, 0.6) is 17.4 Å². The van der Waals surface area contributed by atoms with E-state index in [2.05, 4.69) is 57.0 Å². The number of benzene rings is 2. The Kier molecular flexibility index (Phi) is 7.52. The van der Waals surface area contributed by atoms with Crippen LogP contribution in [0.15, 0.2) is 53.0 Å². The molecule has 2 aromatic carbocycles. The number of halogens is 1. The van der Waals surface area contributed by atoms with Crippen LogP contribution in [0.2, 0.25) is 0 Å². The molecule has 30 heavy (non-hydrogen) atoms. The van der Waals surface area contributed by atoms with Crippen LogP contribution in [0.25, 0.3) is 0 Å². The largest absolute Gasteiger partial charge is 0.497 e. The molecule has 3 aromatic rings. The number of ether oxygens (including phenoxy) is 3. The van der Waals surface area contributed by atoms with Crippen molar-refractivity contribution in [3.05, 3.63) is 69.8 Å². The zero-order valence-corrected chi connectivity index (χ0v) is 19.3. The standard InChI is InChI=1S/C23H26BrN3O3/c1-5-20-21(24)22(30-4)26-23(25-20)27(14-16-6-10-18(28-2)11-7-16)15-17-8-12-19(29-3)13-9-17/h6-13H,5,14-15H2,1-4H3. The summed E-state index contributed by atoms with van der Waals surface area (Å²) in [6.45, 7) is 3.35. The quantitative estimate of drug-likeness (QED) is 0.435. The molecule has 1 heterocycles. The lowest BCUT2D eigenvalue weighted by atomic mass is 10.1. The normalized spacial score (nSPS) is 10.6. The van der Waals surface area contributed by atoms with Crippen molar-refractivity contribution in [3.63, 3.8) is 0 Å². The Balaban J connectivity index is 1.97. The molecule has 0 amide bonds. The summed E-state index contributed by atoms with van der Waals surface area (Å²) in [5.74, 6) is 2.82. The maximum atomic E-state index is 5.48. The lowest BCUT2D eigenvalue weighted by molar-refractivity contribution is 0.392. The molecule has 0 atom stereocenters. The van der Waals surface area contributed by atoms with Crippen molar-refractivity contribution in [1.82, 2.24) is 9.97 Å². The molecule has 0 spiro atoms. The van der Waals surface area contributed by atoms with Gasteiger partial charge >= 0.3 is 0 Å². The Bertz CT molecular complexity index is 888. The van der Waals surface area contributed by atoms with Crippen LogP contribution in [-0.2, 0) is 19.5 Å². The molecule has 0 aliphatic carbocycles. The minimum atomic E-state index is 0.534. The highest BCUT2D eigenvalue weighted by molar-refractivity contribution is 9.10. The first-order valence-electron chi connectivity index (χ1n) is 9.69. The van der Waals surface area contributed by atoms with Gasteiger partial charge in [-0.3, -0.25) is 0 Å². The summed E-state index contributed by atoms with van der Waals surface area (Å²) in [5, 5.41) is 0. The van der Waals surface area contributed by atoms with E-state index in [1.807, 2.05) is 24.3 Å². The van der Waals surface area contributed by atoms with Crippen molar-refractivity contribution in [2.45, 2.75) is 26.4 Å². The van der Waals surface area contributed by atoms with Crippen molar-refractivity contribution in [1.29, 1.82) is 0 Å². The van der Waals surface area contributed by atoms with Crippen LogP contribution in [0, 0.1) is 0 Å². The predicted molar refractivity (Wildman–Crippen MR) is 122 cm³/mol. The van der Waals surface area contributed by atoms with Gasteiger partial charge in [0.05, 0.1) is 27.0 Å². The molecular weight excluding hydrogens is 446 g/mol. The van der Waals surface area contributed by atoms with E-state index >= 15 is 0 Å². The van der Waals surface area contributed by atoms with Gasteiger partial charge < -0.3 is 19.1 Å². The topological polar surface area (TPSA) is 56.7 Å². The molecule has 0 fully saturated rings. The second-order valence-corrected chi connectivity index (χ2v) is 7.49. The predicted octanol–water partition coefficient (Wildman–Crippen LogP) is 5.03. The first kappa shape index (κ1) is 21.9. The third-order valence-electron chi connectivity index (χ3n) is 4.75. The molecule has 1 aromatic heterocycles. The molecule has 7 heteroatoms. The number of hydrogen-bond donors (Lipinski definition) is 0. The second kappa shape index (κ2) is 10.3. The zero-order valence-electron chi connectivity index (χ0n) is 17.7. The minimum Gasteiger partial charge on any atom is -0.497 e. The number of hydrogen-bond acceptors (Lipinski definition) is 6. The maximum absolute atomic E-state index is 5.48. The molecule has 0 N–H and O–H groups in total. The van der Waals surface area contributed by atoms with Gasteiger partial charge in [-0.2, -0.15) is 4.98 Å². The number of methoxy groups -OCH3 is 3. The lowest BCUT2D eigenvalue weighted by Crippen LogP contribution is -2.25. The molecule has 0 bridgehead atoms. The fourth-order valence-corrected chi connectivity index (χ4v) is 3.69. The number of aromatic nitrogens is 2. The number of anilines is 1. The Hall–Kier alpha value is -2.80. The summed E-state index contributed by atoms with van der Waals surface area (Å²) in [5.41, 5.74) is 3.17. The third kappa shape index (κ3) is 5.21. The van der Waals surface area contributed by atoms with Gasteiger partial charge in [0.15, 0.2) is 0 Å². The first-order chi connectivity index (χ1) is 14.6. The smallest absolute Gasteiger partial charge is 0.232 e. The zero-order chi connectivity index (χ0) is 21.5. The van der Waals surface area contributed by atoms with Gasteiger partial charge in [-0.05, 0) is 57.7 Å². The number of aryl methyl sites for hydroxylation is 1. The molecule has 0 saturated heterocycles. The van der Waals surface area contributed by atoms with Gasteiger partial charge in [0, 0.05) is 13.1 Å². The monoisotopic (exact) mass is 471 g/mol. The molecule has 0 aliphatic rings. The highest BCUT2D eigenvalue weighted by Crippen LogP contribution is 2.29. The summed E-state index contributed by atoms with van der Waals surface area (Å²) in [6.07, 6.45) is 0.769. The van der Waals surface area contributed by atoms with Gasteiger partial charge in [0.2, 0.25) is 11.8 Å². The van der Waals surface area contributed by atoms with Crippen LogP contribution in [0.4, 0.5) is 5.95 Å². The second-order valence-electron chi connectivity index (χ2n) is 6.70. The van der Waals surface area contributed by atoms with Crippen molar-refractivity contribution in [3.8, 4) is 17.4 Å². The van der Waals surface area contributed by atoms with E-state index in [4.69, 9.17) is 19.2 Å². The summed E-state index contributed by atoms with van der Waals surface area (Å²) in [7, 11) is 4.95. The van der Waals surface area contributed by atoms with Crippen molar-refractivity contribution in [2.24, 2.45) is 0 Å².